The Bertz CT molecular complexity index is 644. The maximum Gasteiger partial charge on any atom is 0.276 e. The molecule has 0 amide bonds. The lowest BCUT2D eigenvalue weighted by atomic mass is 10.1. The zero-order chi connectivity index (χ0) is 14.0. The van der Waals surface area contributed by atoms with Crippen molar-refractivity contribution in [3.63, 3.8) is 0 Å². The normalized spacial score (nSPS) is 10.3. The van der Waals surface area contributed by atoms with Crippen molar-refractivity contribution in [1.29, 1.82) is 0 Å². The van der Waals surface area contributed by atoms with Gasteiger partial charge in [-0.3, -0.25) is 10.1 Å². The first-order valence-electron chi connectivity index (χ1n) is 5.53. The minimum Gasteiger partial charge on any atom is -0.438 e. The van der Waals surface area contributed by atoms with Crippen molar-refractivity contribution in [3.05, 3.63) is 56.2 Å². The van der Waals surface area contributed by atoms with Crippen molar-refractivity contribution in [2.45, 2.75) is 13.8 Å². The van der Waals surface area contributed by atoms with Gasteiger partial charge < -0.3 is 4.74 Å². The molecule has 0 spiro atoms. The Kier molecular flexibility index (Phi) is 3.80. The van der Waals surface area contributed by atoms with Gasteiger partial charge in [0.15, 0.2) is 0 Å². The molecule has 98 valence electrons. The number of hydrogen-bond acceptors (Lipinski definition) is 4. The number of halogens is 1. The van der Waals surface area contributed by atoms with Gasteiger partial charge in [-0.1, -0.05) is 6.07 Å². The Morgan fingerprint density at radius 1 is 1.26 bits per heavy atom. The van der Waals surface area contributed by atoms with Crippen LogP contribution in [0.2, 0.25) is 0 Å². The van der Waals surface area contributed by atoms with Crippen LogP contribution in [0.25, 0.3) is 0 Å². The lowest BCUT2D eigenvalue weighted by Crippen LogP contribution is -1.96. The van der Waals surface area contributed by atoms with E-state index >= 15 is 0 Å². The van der Waals surface area contributed by atoms with Crippen LogP contribution < -0.4 is 4.74 Å². The van der Waals surface area contributed by atoms with E-state index in [-0.39, 0.29) is 5.69 Å². The molecule has 0 unspecified atom stereocenters. The number of benzene rings is 1. The molecule has 0 N–H and O–H groups in total. The van der Waals surface area contributed by atoms with E-state index in [1.807, 2.05) is 6.92 Å². The SMILES string of the molecule is Cc1cc(C)c([N+](=O)[O-])cc1Oc1cccc(Br)n1. The van der Waals surface area contributed by atoms with Gasteiger partial charge >= 0.3 is 0 Å². The molecule has 1 aromatic heterocycles. The maximum atomic E-state index is 10.9. The summed E-state index contributed by atoms with van der Waals surface area (Å²) < 4.78 is 6.23. The molecule has 0 saturated carbocycles. The standard InChI is InChI=1S/C13H11BrN2O3/c1-8-6-9(2)11(7-10(8)16(17)18)19-13-5-3-4-12(14)15-13/h3-7H,1-2H3. The Morgan fingerprint density at radius 3 is 2.63 bits per heavy atom. The Morgan fingerprint density at radius 2 is 2.00 bits per heavy atom. The quantitative estimate of drug-likeness (QED) is 0.483. The fourth-order valence-electron chi connectivity index (χ4n) is 1.69. The van der Waals surface area contributed by atoms with Gasteiger partial charge in [0.2, 0.25) is 5.88 Å². The van der Waals surface area contributed by atoms with E-state index in [2.05, 4.69) is 20.9 Å². The van der Waals surface area contributed by atoms with Crippen molar-refractivity contribution in [2.24, 2.45) is 0 Å². The smallest absolute Gasteiger partial charge is 0.276 e. The fourth-order valence-corrected chi connectivity index (χ4v) is 2.01. The number of hydrogen-bond donors (Lipinski definition) is 0. The Hall–Kier alpha value is -1.95. The van der Waals surface area contributed by atoms with Gasteiger partial charge in [0.1, 0.15) is 10.4 Å². The third-order valence-electron chi connectivity index (χ3n) is 2.59. The number of pyridine rings is 1. The molecule has 6 heteroatoms. The van der Waals surface area contributed by atoms with Crippen LogP contribution in [0.1, 0.15) is 11.1 Å². The second-order valence-electron chi connectivity index (χ2n) is 4.06. The molecule has 0 saturated heterocycles. The first-order chi connectivity index (χ1) is 8.97. The van der Waals surface area contributed by atoms with Gasteiger partial charge in [-0.05, 0) is 47.5 Å². The number of nitro groups is 1. The summed E-state index contributed by atoms with van der Waals surface area (Å²) in [6.07, 6.45) is 0. The van der Waals surface area contributed by atoms with Crippen molar-refractivity contribution < 1.29 is 9.66 Å². The van der Waals surface area contributed by atoms with Crippen LogP contribution >= 0.6 is 15.9 Å². The molecular weight excluding hydrogens is 312 g/mol. The minimum atomic E-state index is -0.421. The summed E-state index contributed by atoms with van der Waals surface area (Å²) >= 11 is 3.24. The van der Waals surface area contributed by atoms with E-state index in [1.54, 1.807) is 31.2 Å². The summed E-state index contributed by atoms with van der Waals surface area (Å²) in [7, 11) is 0. The van der Waals surface area contributed by atoms with Gasteiger partial charge in [-0.25, -0.2) is 4.98 Å². The predicted octanol–water partition coefficient (Wildman–Crippen LogP) is 4.16. The van der Waals surface area contributed by atoms with Gasteiger partial charge in [-0.15, -0.1) is 0 Å². The Balaban J connectivity index is 2.40. The van der Waals surface area contributed by atoms with Crippen molar-refractivity contribution in [3.8, 4) is 11.6 Å². The molecule has 1 aromatic carbocycles. The van der Waals surface area contributed by atoms with Gasteiger partial charge in [0.05, 0.1) is 11.0 Å². The molecule has 0 radical (unpaired) electrons. The summed E-state index contributed by atoms with van der Waals surface area (Å²) in [5.74, 6) is 0.818. The number of aromatic nitrogens is 1. The van der Waals surface area contributed by atoms with Crippen molar-refractivity contribution in [2.75, 3.05) is 0 Å². The molecule has 1 heterocycles. The molecule has 19 heavy (non-hydrogen) atoms. The van der Waals surface area contributed by atoms with Crippen molar-refractivity contribution >= 4 is 21.6 Å². The number of nitrogens with zero attached hydrogens (tertiary/aromatic N) is 2. The lowest BCUT2D eigenvalue weighted by molar-refractivity contribution is -0.385. The molecule has 0 bridgehead atoms. The highest BCUT2D eigenvalue weighted by atomic mass is 79.9. The second kappa shape index (κ2) is 5.36. The van der Waals surface area contributed by atoms with E-state index in [1.165, 1.54) is 6.07 Å². The van der Waals surface area contributed by atoms with E-state index < -0.39 is 4.92 Å². The van der Waals surface area contributed by atoms with Crippen LogP contribution in [-0.2, 0) is 0 Å². The summed E-state index contributed by atoms with van der Waals surface area (Å²) in [5.41, 5.74) is 1.47. The highest BCUT2D eigenvalue weighted by Crippen LogP contribution is 2.31. The van der Waals surface area contributed by atoms with Gasteiger partial charge in [-0.2, -0.15) is 0 Å². The third-order valence-corrected chi connectivity index (χ3v) is 3.04. The zero-order valence-corrected chi connectivity index (χ0v) is 12.0. The van der Waals surface area contributed by atoms with Crippen LogP contribution in [0.3, 0.4) is 0 Å². The van der Waals surface area contributed by atoms with E-state index in [9.17, 15) is 10.1 Å². The molecule has 0 aliphatic carbocycles. The molecule has 0 atom stereocenters. The summed E-state index contributed by atoms with van der Waals surface area (Å²) in [5, 5.41) is 10.9. The highest BCUT2D eigenvalue weighted by molar-refractivity contribution is 9.10. The topological polar surface area (TPSA) is 65.3 Å². The number of rotatable bonds is 3. The predicted molar refractivity (Wildman–Crippen MR) is 74.6 cm³/mol. The molecular formula is C13H11BrN2O3. The maximum absolute atomic E-state index is 10.9. The summed E-state index contributed by atoms with van der Waals surface area (Å²) in [6, 6.07) is 8.40. The molecule has 5 nitrogen and oxygen atoms in total. The van der Waals surface area contributed by atoms with Crippen molar-refractivity contribution in [1.82, 2.24) is 4.98 Å². The fraction of sp³-hybridized carbons (Fsp3) is 0.154. The second-order valence-corrected chi connectivity index (χ2v) is 4.87. The third kappa shape index (κ3) is 3.08. The zero-order valence-electron chi connectivity index (χ0n) is 10.4. The average Bonchev–Trinajstić information content (AvgIpc) is 2.32. The first kappa shape index (κ1) is 13.5. The molecule has 0 aliphatic rings. The van der Waals surface area contributed by atoms with E-state index in [0.29, 0.717) is 21.8 Å². The lowest BCUT2D eigenvalue weighted by Gasteiger charge is -2.09. The number of ether oxygens (including phenoxy) is 1. The van der Waals surface area contributed by atoms with Crippen LogP contribution in [0.15, 0.2) is 34.9 Å². The number of aryl methyl sites for hydroxylation is 2. The van der Waals surface area contributed by atoms with E-state index in [0.717, 1.165) is 5.56 Å². The minimum absolute atomic E-state index is 0.0376. The van der Waals surface area contributed by atoms with Crippen LogP contribution in [-0.4, -0.2) is 9.91 Å². The van der Waals surface area contributed by atoms with Gasteiger partial charge in [0, 0.05) is 11.6 Å². The molecule has 0 aliphatic heterocycles. The summed E-state index contributed by atoms with van der Waals surface area (Å²) in [6.45, 7) is 3.54. The molecule has 0 fully saturated rings. The van der Waals surface area contributed by atoms with E-state index in [4.69, 9.17) is 4.74 Å². The molecule has 2 aromatic rings. The first-order valence-corrected chi connectivity index (χ1v) is 6.32. The number of nitro benzene ring substituents is 1. The monoisotopic (exact) mass is 322 g/mol. The van der Waals surface area contributed by atoms with Crippen LogP contribution in [0.4, 0.5) is 5.69 Å². The van der Waals surface area contributed by atoms with Gasteiger partial charge in [0.25, 0.3) is 5.69 Å². The van der Waals surface area contributed by atoms with Crippen LogP contribution in [0.5, 0.6) is 11.6 Å². The largest absolute Gasteiger partial charge is 0.438 e. The van der Waals surface area contributed by atoms with Crippen LogP contribution in [0, 0.1) is 24.0 Å². The Labute approximate surface area is 118 Å². The molecule has 2 rings (SSSR count). The average molecular weight is 323 g/mol. The summed E-state index contributed by atoms with van der Waals surface area (Å²) in [4.78, 5) is 14.6. The highest BCUT2D eigenvalue weighted by Gasteiger charge is 2.15.